The Morgan fingerprint density at radius 3 is 2.05 bits per heavy atom. The molecule has 1 aliphatic rings. The predicted molar refractivity (Wildman–Crippen MR) is 83.7 cm³/mol. The van der Waals surface area contributed by atoms with E-state index in [0.717, 1.165) is 17.9 Å². The first-order valence-electron chi connectivity index (χ1n) is 6.28. The van der Waals surface area contributed by atoms with Crippen molar-refractivity contribution in [2.75, 3.05) is 32.8 Å². The molecule has 0 aromatic heterocycles. The van der Waals surface area contributed by atoms with E-state index in [-0.39, 0.29) is 10.4 Å². The summed E-state index contributed by atoms with van der Waals surface area (Å²) < 4.78 is 15.8. The second-order valence-corrected chi connectivity index (χ2v) is 6.93. The van der Waals surface area contributed by atoms with Gasteiger partial charge in [-0.05, 0) is 30.1 Å². The van der Waals surface area contributed by atoms with E-state index in [4.69, 9.17) is 14.2 Å². The van der Waals surface area contributed by atoms with Crippen LogP contribution in [0.15, 0.2) is 12.1 Å². The fraction of sp³-hybridized carbons (Fsp3) is 0.500. The number of methoxy groups -OCH3 is 3. The van der Waals surface area contributed by atoms with Gasteiger partial charge in [0.15, 0.2) is 17.3 Å². The average molecular weight is 314 g/mol. The molecule has 1 aromatic rings. The molecule has 0 spiro atoms. The molecule has 0 bridgehead atoms. The number of hydrogen-bond acceptors (Lipinski definition) is 6. The summed E-state index contributed by atoms with van der Waals surface area (Å²) in [5, 5.41) is 0. The van der Waals surface area contributed by atoms with Crippen molar-refractivity contribution in [1.82, 2.24) is 0 Å². The Labute approximate surface area is 127 Å². The molecule has 20 heavy (non-hydrogen) atoms. The molecule has 1 aliphatic heterocycles. The Kier molecular flexibility index (Phi) is 5.48. The maximum absolute atomic E-state index is 12.5. The van der Waals surface area contributed by atoms with Crippen molar-refractivity contribution < 1.29 is 19.0 Å². The first-order chi connectivity index (χ1) is 9.71. The zero-order valence-corrected chi connectivity index (χ0v) is 13.4. The number of ether oxygens (including phenoxy) is 3. The van der Waals surface area contributed by atoms with Gasteiger partial charge in [-0.2, -0.15) is 0 Å². The lowest BCUT2D eigenvalue weighted by Crippen LogP contribution is -2.18. The van der Waals surface area contributed by atoms with Crippen molar-refractivity contribution in [1.29, 1.82) is 0 Å². The number of carbonyl (C=O) groups is 1. The van der Waals surface area contributed by atoms with Crippen molar-refractivity contribution in [2.45, 2.75) is 11.0 Å². The molecule has 0 saturated carbocycles. The Morgan fingerprint density at radius 2 is 1.60 bits per heavy atom. The van der Waals surface area contributed by atoms with Gasteiger partial charge in [-0.1, -0.05) is 0 Å². The van der Waals surface area contributed by atoms with Crippen LogP contribution in [0.1, 0.15) is 16.8 Å². The number of thioether (sulfide) groups is 2. The Bertz CT molecular complexity index is 459. The molecule has 1 aromatic carbocycles. The number of benzene rings is 1. The van der Waals surface area contributed by atoms with Gasteiger partial charge in [0, 0.05) is 5.56 Å². The number of Topliss-reactive ketones (excluding diaryl/α,β-unsaturated/α-hetero) is 1. The monoisotopic (exact) mass is 314 g/mol. The maximum Gasteiger partial charge on any atom is 0.203 e. The first-order valence-corrected chi connectivity index (χ1v) is 8.38. The summed E-state index contributed by atoms with van der Waals surface area (Å²) in [6.07, 6.45) is 1.16. The molecule has 4 nitrogen and oxygen atoms in total. The molecule has 0 N–H and O–H groups in total. The van der Waals surface area contributed by atoms with E-state index in [1.165, 1.54) is 0 Å². The van der Waals surface area contributed by atoms with E-state index in [9.17, 15) is 4.79 Å². The van der Waals surface area contributed by atoms with Crippen LogP contribution in [-0.2, 0) is 0 Å². The maximum atomic E-state index is 12.5. The van der Waals surface area contributed by atoms with Gasteiger partial charge in [-0.25, -0.2) is 0 Å². The van der Waals surface area contributed by atoms with E-state index < -0.39 is 0 Å². The summed E-state index contributed by atoms with van der Waals surface area (Å²) in [5.74, 6) is 3.72. The smallest absolute Gasteiger partial charge is 0.203 e. The van der Waals surface area contributed by atoms with E-state index in [1.54, 1.807) is 57.0 Å². The molecule has 1 heterocycles. The van der Waals surface area contributed by atoms with Crippen LogP contribution in [0.4, 0.5) is 0 Å². The zero-order valence-electron chi connectivity index (χ0n) is 11.8. The molecule has 0 unspecified atom stereocenters. The van der Waals surface area contributed by atoms with Gasteiger partial charge in [0.25, 0.3) is 0 Å². The third kappa shape index (κ3) is 3.17. The SMILES string of the molecule is COc1cc(C(=O)C2SCCCS2)cc(OC)c1OC. The quantitative estimate of drug-likeness (QED) is 0.778. The minimum Gasteiger partial charge on any atom is -0.493 e. The third-order valence-corrected chi connectivity index (χ3v) is 5.89. The highest BCUT2D eigenvalue weighted by Gasteiger charge is 2.26. The molecule has 6 heteroatoms. The Balaban J connectivity index is 2.33. The van der Waals surface area contributed by atoms with E-state index in [0.29, 0.717) is 22.8 Å². The first kappa shape index (κ1) is 15.4. The summed E-state index contributed by atoms with van der Waals surface area (Å²) in [5.41, 5.74) is 0.603. The molecule has 0 atom stereocenters. The highest BCUT2D eigenvalue weighted by atomic mass is 32.2. The van der Waals surface area contributed by atoms with Crippen LogP contribution in [0.2, 0.25) is 0 Å². The van der Waals surface area contributed by atoms with Crippen molar-refractivity contribution in [2.24, 2.45) is 0 Å². The molecule has 2 rings (SSSR count). The summed E-state index contributed by atoms with van der Waals surface area (Å²) >= 11 is 3.41. The zero-order chi connectivity index (χ0) is 14.5. The van der Waals surface area contributed by atoms with E-state index >= 15 is 0 Å². The van der Waals surface area contributed by atoms with Crippen LogP contribution in [0.3, 0.4) is 0 Å². The lowest BCUT2D eigenvalue weighted by Gasteiger charge is -2.20. The van der Waals surface area contributed by atoms with E-state index in [1.807, 2.05) is 0 Å². The third-order valence-electron chi connectivity index (χ3n) is 2.99. The average Bonchev–Trinajstić information content (AvgIpc) is 2.53. The molecule has 1 fully saturated rings. The second-order valence-electron chi connectivity index (χ2n) is 4.21. The van der Waals surface area contributed by atoms with Crippen LogP contribution in [0.25, 0.3) is 0 Å². The minimum absolute atomic E-state index is 0.0356. The number of rotatable bonds is 5. The van der Waals surface area contributed by atoms with Gasteiger partial charge in [0.05, 0.1) is 21.3 Å². The summed E-state index contributed by atoms with van der Waals surface area (Å²) in [4.78, 5) is 12.5. The van der Waals surface area contributed by atoms with Crippen LogP contribution >= 0.6 is 23.5 Å². The number of hydrogen-bond donors (Lipinski definition) is 0. The van der Waals surface area contributed by atoms with Crippen LogP contribution < -0.4 is 14.2 Å². The molecule has 110 valence electrons. The van der Waals surface area contributed by atoms with Crippen molar-refractivity contribution >= 4 is 29.3 Å². The fourth-order valence-electron chi connectivity index (χ4n) is 2.00. The van der Waals surface area contributed by atoms with E-state index in [2.05, 4.69) is 0 Å². The predicted octanol–water partition coefficient (Wildman–Crippen LogP) is 3.09. The Morgan fingerprint density at radius 1 is 1.05 bits per heavy atom. The van der Waals surface area contributed by atoms with Gasteiger partial charge in [-0.15, -0.1) is 23.5 Å². The van der Waals surface area contributed by atoms with Crippen molar-refractivity contribution in [3.8, 4) is 17.2 Å². The van der Waals surface area contributed by atoms with Gasteiger partial charge in [-0.3, -0.25) is 4.79 Å². The van der Waals surface area contributed by atoms with Crippen LogP contribution in [0, 0.1) is 0 Å². The van der Waals surface area contributed by atoms with Gasteiger partial charge >= 0.3 is 0 Å². The lowest BCUT2D eigenvalue weighted by molar-refractivity contribution is 0.101. The molecule has 0 radical (unpaired) electrons. The van der Waals surface area contributed by atoms with Gasteiger partial charge in [0.1, 0.15) is 4.58 Å². The molecule has 0 aliphatic carbocycles. The molecular formula is C14H18O4S2. The van der Waals surface area contributed by atoms with Gasteiger partial charge < -0.3 is 14.2 Å². The molecule has 0 amide bonds. The number of carbonyl (C=O) groups excluding carboxylic acids is 1. The molecule has 1 saturated heterocycles. The largest absolute Gasteiger partial charge is 0.493 e. The standard InChI is InChI=1S/C14H18O4S2/c1-16-10-7-9(8-11(17-2)13(10)18-3)12(15)14-19-5-4-6-20-14/h7-8,14H,4-6H2,1-3H3. The van der Waals surface area contributed by atoms with Crippen LogP contribution in [-0.4, -0.2) is 43.2 Å². The lowest BCUT2D eigenvalue weighted by atomic mass is 10.1. The summed E-state index contributed by atoms with van der Waals surface area (Å²) in [7, 11) is 4.65. The minimum atomic E-state index is -0.0356. The van der Waals surface area contributed by atoms with Crippen LogP contribution in [0.5, 0.6) is 17.2 Å². The van der Waals surface area contributed by atoms with Crippen molar-refractivity contribution in [3.05, 3.63) is 17.7 Å². The highest BCUT2D eigenvalue weighted by Crippen LogP contribution is 2.40. The normalized spacial score (nSPS) is 15.8. The second kappa shape index (κ2) is 7.13. The van der Waals surface area contributed by atoms with Gasteiger partial charge in [0.2, 0.25) is 5.75 Å². The van der Waals surface area contributed by atoms with Crippen molar-refractivity contribution in [3.63, 3.8) is 0 Å². The highest BCUT2D eigenvalue weighted by molar-refractivity contribution is 8.18. The summed E-state index contributed by atoms with van der Waals surface area (Å²) in [6, 6.07) is 3.44. The summed E-state index contributed by atoms with van der Waals surface area (Å²) in [6.45, 7) is 0. The number of ketones is 1. The topological polar surface area (TPSA) is 44.8 Å². The Hall–Kier alpha value is -1.01. The molecular weight excluding hydrogens is 296 g/mol. The fourth-order valence-corrected chi connectivity index (χ4v) is 4.77.